The van der Waals surface area contributed by atoms with Gasteiger partial charge in [0.2, 0.25) is 0 Å². The Bertz CT molecular complexity index is 1300. The number of amides is 1. The van der Waals surface area contributed by atoms with Crippen molar-refractivity contribution < 1.29 is 9.90 Å². The van der Waals surface area contributed by atoms with Gasteiger partial charge in [-0.1, -0.05) is 13.0 Å². The molecule has 9 nitrogen and oxygen atoms in total. The molecule has 0 saturated carbocycles. The first kappa shape index (κ1) is 22.5. The minimum Gasteiger partial charge on any atom is -0.389 e. The number of aliphatic hydroxyl groups excluding tert-OH is 1. The summed E-state index contributed by atoms with van der Waals surface area (Å²) >= 11 is 1.63. The number of hydrogen-bond donors (Lipinski definition) is 3. The van der Waals surface area contributed by atoms with Crippen molar-refractivity contribution >= 4 is 28.7 Å². The van der Waals surface area contributed by atoms with Crippen molar-refractivity contribution in [1.82, 2.24) is 30.2 Å². The third kappa shape index (κ3) is 4.52. The van der Waals surface area contributed by atoms with Gasteiger partial charge in [0.05, 0.1) is 34.1 Å². The number of β-amino-alcohol motifs (C(OH)–C–C–N with tert-alkyl or cyclic N) is 1. The van der Waals surface area contributed by atoms with E-state index in [0.717, 1.165) is 22.7 Å². The van der Waals surface area contributed by atoms with Crippen LogP contribution in [-0.2, 0) is 0 Å². The van der Waals surface area contributed by atoms with E-state index in [-0.39, 0.29) is 18.1 Å². The molecule has 1 saturated heterocycles. The smallest absolute Gasteiger partial charge is 0.251 e. The number of carbonyl (C=O) groups is 1. The Morgan fingerprint density at radius 2 is 2.12 bits per heavy atom. The SMILES string of the molecule is CCNC(C)CNC(=O)c1cc(-c2cnn3ccc(-c4cccs4)nc23)nc(N2CC(O)C2)c1. The molecule has 4 aromatic rings. The number of rotatable bonds is 8. The lowest BCUT2D eigenvalue weighted by atomic mass is 10.1. The van der Waals surface area contributed by atoms with Crippen molar-refractivity contribution in [2.75, 3.05) is 31.1 Å². The van der Waals surface area contributed by atoms with Crippen LogP contribution < -0.4 is 15.5 Å². The Balaban J connectivity index is 1.52. The second kappa shape index (κ2) is 9.49. The van der Waals surface area contributed by atoms with Gasteiger partial charge >= 0.3 is 0 Å². The molecular weight excluding hydrogens is 450 g/mol. The largest absolute Gasteiger partial charge is 0.389 e. The molecule has 1 fully saturated rings. The highest BCUT2D eigenvalue weighted by atomic mass is 32.1. The zero-order valence-electron chi connectivity index (χ0n) is 19.1. The lowest BCUT2D eigenvalue weighted by Crippen LogP contribution is -2.51. The van der Waals surface area contributed by atoms with Gasteiger partial charge in [0.15, 0.2) is 5.65 Å². The maximum absolute atomic E-state index is 13.0. The number of pyridine rings is 1. The second-order valence-corrected chi connectivity index (χ2v) is 9.39. The highest BCUT2D eigenvalue weighted by Crippen LogP contribution is 2.30. The van der Waals surface area contributed by atoms with Crippen molar-refractivity contribution in [3.63, 3.8) is 0 Å². The van der Waals surface area contributed by atoms with Gasteiger partial charge < -0.3 is 20.6 Å². The number of nitrogens with one attached hydrogen (secondary N) is 2. The third-order valence-electron chi connectivity index (χ3n) is 5.80. The fourth-order valence-corrected chi connectivity index (χ4v) is 4.66. The van der Waals surface area contributed by atoms with Crippen LogP contribution in [0, 0.1) is 0 Å². The van der Waals surface area contributed by atoms with Gasteiger partial charge in [0.25, 0.3) is 5.91 Å². The summed E-state index contributed by atoms with van der Waals surface area (Å²) in [6, 6.07) is 9.69. The third-order valence-corrected chi connectivity index (χ3v) is 6.69. The zero-order chi connectivity index (χ0) is 23.7. The summed E-state index contributed by atoms with van der Waals surface area (Å²) in [7, 11) is 0. The number of carbonyl (C=O) groups excluding carboxylic acids is 1. The minimum absolute atomic E-state index is 0.166. The molecule has 0 radical (unpaired) electrons. The number of hydrogen-bond acceptors (Lipinski definition) is 8. The van der Waals surface area contributed by atoms with Crippen molar-refractivity contribution in [3.8, 4) is 21.8 Å². The molecule has 10 heteroatoms. The molecule has 0 aromatic carbocycles. The topological polar surface area (TPSA) is 108 Å². The number of aliphatic hydroxyl groups is 1. The Hall–Kier alpha value is -3.34. The second-order valence-electron chi connectivity index (χ2n) is 8.44. The normalized spacial score (nSPS) is 14.9. The van der Waals surface area contributed by atoms with Crippen LogP contribution in [-0.4, -0.2) is 68.9 Å². The molecule has 5 heterocycles. The van der Waals surface area contributed by atoms with Crippen LogP contribution in [0.3, 0.4) is 0 Å². The molecule has 1 aliphatic rings. The molecule has 176 valence electrons. The highest BCUT2D eigenvalue weighted by molar-refractivity contribution is 7.13. The molecule has 0 spiro atoms. The molecule has 5 rings (SSSR count). The van der Waals surface area contributed by atoms with E-state index in [1.54, 1.807) is 34.2 Å². The number of anilines is 1. The highest BCUT2D eigenvalue weighted by Gasteiger charge is 2.27. The van der Waals surface area contributed by atoms with Crippen molar-refractivity contribution in [2.24, 2.45) is 0 Å². The van der Waals surface area contributed by atoms with Crippen LogP contribution >= 0.6 is 11.3 Å². The van der Waals surface area contributed by atoms with Gasteiger partial charge in [-0.05, 0) is 43.1 Å². The van der Waals surface area contributed by atoms with Crippen LogP contribution in [0.2, 0.25) is 0 Å². The molecule has 0 aliphatic carbocycles. The Labute approximate surface area is 201 Å². The summed E-state index contributed by atoms with van der Waals surface area (Å²) < 4.78 is 1.71. The first-order valence-corrected chi connectivity index (χ1v) is 12.2. The van der Waals surface area contributed by atoms with E-state index in [2.05, 4.69) is 15.7 Å². The van der Waals surface area contributed by atoms with Gasteiger partial charge in [-0.3, -0.25) is 4.79 Å². The minimum atomic E-state index is -0.379. The van der Waals surface area contributed by atoms with Crippen LogP contribution in [0.4, 0.5) is 5.82 Å². The molecule has 1 amide bonds. The Morgan fingerprint density at radius 1 is 1.26 bits per heavy atom. The molecule has 1 unspecified atom stereocenters. The van der Waals surface area contributed by atoms with E-state index in [1.165, 1.54) is 0 Å². The van der Waals surface area contributed by atoms with E-state index >= 15 is 0 Å². The molecule has 0 bridgehead atoms. The first-order chi connectivity index (χ1) is 16.5. The predicted molar refractivity (Wildman–Crippen MR) is 133 cm³/mol. The molecule has 4 aromatic heterocycles. The van der Waals surface area contributed by atoms with Crippen LogP contribution in [0.15, 0.2) is 48.1 Å². The lowest BCUT2D eigenvalue weighted by Gasteiger charge is -2.37. The number of fused-ring (bicyclic) bond motifs is 1. The number of nitrogens with zero attached hydrogens (tertiary/aromatic N) is 5. The first-order valence-electron chi connectivity index (χ1n) is 11.4. The van der Waals surface area contributed by atoms with E-state index in [0.29, 0.717) is 42.4 Å². The van der Waals surface area contributed by atoms with Gasteiger partial charge in [0, 0.05) is 37.4 Å². The number of thiophene rings is 1. The van der Waals surface area contributed by atoms with Gasteiger partial charge in [-0.15, -0.1) is 11.3 Å². The maximum Gasteiger partial charge on any atom is 0.251 e. The summed E-state index contributed by atoms with van der Waals surface area (Å²) in [6.45, 7) is 6.41. The van der Waals surface area contributed by atoms with E-state index in [4.69, 9.17) is 9.97 Å². The average molecular weight is 478 g/mol. The van der Waals surface area contributed by atoms with Crippen LogP contribution in [0.5, 0.6) is 0 Å². The molecule has 3 N–H and O–H groups in total. The van der Waals surface area contributed by atoms with Crippen molar-refractivity contribution in [3.05, 3.63) is 53.7 Å². The summed E-state index contributed by atoms with van der Waals surface area (Å²) in [6.07, 6.45) is 3.23. The van der Waals surface area contributed by atoms with Gasteiger partial charge in [0.1, 0.15) is 5.82 Å². The predicted octanol–water partition coefficient (Wildman–Crippen LogP) is 2.43. The standard InChI is InChI=1S/C24H27N7O2S/c1-3-25-15(2)11-26-24(33)16-9-20(28-22(10-16)30-13-17(32)14-30)18-12-27-31-7-6-19(29-23(18)31)21-5-4-8-34-21/h4-10,12,15,17,25,32H,3,11,13-14H2,1-2H3,(H,26,33). The zero-order valence-corrected chi connectivity index (χ0v) is 19.9. The summed E-state index contributed by atoms with van der Waals surface area (Å²) in [5.41, 5.74) is 3.41. The molecule has 1 aliphatic heterocycles. The molecular formula is C24H27N7O2S. The number of likely N-dealkylation sites (N-methyl/N-ethyl adjacent to an activating group) is 1. The monoisotopic (exact) mass is 477 g/mol. The van der Waals surface area contributed by atoms with Gasteiger partial charge in [-0.2, -0.15) is 5.10 Å². The average Bonchev–Trinajstić information content (AvgIpc) is 3.50. The fraction of sp³-hybridized carbons (Fsp3) is 0.333. The molecule has 1 atom stereocenters. The Kier molecular flexibility index (Phi) is 6.27. The van der Waals surface area contributed by atoms with E-state index in [1.807, 2.05) is 48.5 Å². The van der Waals surface area contributed by atoms with Gasteiger partial charge in [-0.25, -0.2) is 14.5 Å². The van der Waals surface area contributed by atoms with Crippen molar-refractivity contribution in [2.45, 2.75) is 26.0 Å². The lowest BCUT2D eigenvalue weighted by molar-refractivity contribution is 0.0950. The summed E-state index contributed by atoms with van der Waals surface area (Å²) in [4.78, 5) is 25.7. The number of aromatic nitrogens is 4. The maximum atomic E-state index is 13.0. The van der Waals surface area contributed by atoms with Crippen LogP contribution in [0.25, 0.3) is 27.5 Å². The Morgan fingerprint density at radius 3 is 2.85 bits per heavy atom. The van der Waals surface area contributed by atoms with Crippen LogP contribution in [0.1, 0.15) is 24.2 Å². The molecule has 34 heavy (non-hydrogen) atoms. The fourth-order valence-electron chi connectivity index (χ4n) is 3.97. The summed E-state index contributed by atoms with van der Waals surface area (Å²) in [5, 5.41) is 22.6. The summed E-state index contributed by atoms with van der Waals surface area (Å²) in [5.74, 6) is 0.487. The quantitative estimate of drug-likeness (QED) is 0.358. The van der Waals surface area contributed by atoms with E-state index in [9.17, 15) is 9.90 Å². The van der Waals surface area contributed by atoms with E-state index < -0.39 is 0 Å². The van der Waals surface area contributed by atoms with Crippen molar-refractivity contribution in [1.29, 1.82) is 0 Å².